The minimum atomic E-state index is -0.851. The lowest BCUT2D eigenvalue weighted by atomic mass is 9.87. The van der Waals surface area contributed by atoms with Crippen molar-refractivity contribution in [3.05, 3.63) is 0 Å². The van der Waals surface area contributed by atoms with Crippen LogP contribution in [0, 0.1) is 5.92 Å². The molecule has 0 heterocycles. The number of ketones is 2. The standard InChI is InChI=1S/C7H9NO3/c8-7(11)4-2-1-3-5(9)6(4)10/h4H,1-3H2,(H2,8,11). The Kier molecular flexibility index (Phi) is 2.03. The van der Waals surface area contributed by atoms with Gasteiger partial charge in [-0.3, -0.25) is 14.4 Å². The van der Waals surface area contributed by atoms with E-state index >= 15 is 0 Å². The summed E-state index contributed by atoms with van der Waals surface area (Å²) in [5, 5.41) is 0. The first kappa shape index (κ1) is 7.91. The second-order valence-corrected chi connectivity index (χ2v) is 2.63. The summed E-state index contributed by atoms with van der Waals surface area (Å²) in [5.41, 5.74) is 4.91. The van der Waals surface area contributed by atoms with E-state index in [9.17, 15) is 14.4 Å². The molecule has 1 aliphatic carbocycles. The van der Waals surface area contributed by atoms with Gasteiger partial charge in [0.15, 0.2) is 5.78 Å². The molecular formula is C7H9NO3. The molecule has 0 aromatic heterocycles. The average Bonchev–Trinajstić information content (AvgIpc) is 1.94. The second-order valence-electron chi connectivity index (χ2n) is 2.63. The predicted molar refractivity (Wildman–Crippen MR) is 36.5 cm³/mol. The minimum Gasteiger partial charge on any atom is -0.369 e. The van der Waals surface area contributed by atoms with E-state index in [2.05, 4.69) is 0 Å². The Morgan fingerprint density at radius 3 is 2.55 bits per heavy atom. The Balaban J connectivity index is 2.74. The van der Waals surface area contributed by atoms with E-state index in [-0.39, 0.29) is 6.42 Å². The van der Waals surface area contributed by atoms with E-state index in [1.165, 1.54) is 0 Å². The molecule has 2 N–H and O–H groups in total. The van der Waals surface area contributed by atoms with Gasteiger partial charge in [0, 0.05) is 6.42 Å². The third-order valence-corrected chi connectivity index (χ3v) is 1.83. The van der Waals surface area contributed by atoms with Crippen molar-refractivity contribution in [3.8, 4) is 0 Å². The maximum Gasteiger partial charge on any atom is 0.228 e. The van der Waals surface area contributed by atoms with Crippen LogP contribution in [0.4, 0.5) is 0 Å². The number of amides is 1. The number of Topliss-reactive ketones (excluding diaryl/α,β-unsaturated/α-hetero) is 2. The highest BCUT2D eigenvalue weighted by atomic mass is 16.2. The highest BCUT2D eigenvalue weighted by molar-refractivity contribution is 6.41. The highest BCUT2D eigenvalue weighted by Gasteiger charge is 2.32. The molecule has 60 valence electrons. The first-order valence-corrected chi connectivity index (χ1v) is 3.49. The van der Waals surface area contributed by atoms with E-state index < -0.39 is 23.4 Å². The largest absolute Gasteiger partial charge is 0.369 e. The fraction of sp³-hybridized carbons (Fsp3) is 0.571. The maximum absolute atomic E-state index is 10.9. The lowest BCUT2D eigenvalue weighted by Gasteiger charge is -2.15. The quantitative estimate of drug-likeness (QED) is 0.406. The van der Waals surface area contributed by atoms with Gasteiger partial charge in [-0.1, -0.05) is 0 Å². The summed E-state index contributed by atoms with van der Waals surface area (Å²) < 4.78 is 0. The van der Waals surface area contributed by atoms with Crippen LogP contribution in [0.3, 0.4) is 0 Å². The van der Waals surface area contributed by atoms with E-state index in [4.69, 9.17) is 5.73 Å². The number of nitrogens with two attached hydrogens (primary N) is 1. The van der Waals surface area contributed by atoms with E-state index in [0.29, 0.717) is 12.8 Å². The van der Waals surface area contributed by atoms with Crippen LogP contribution in [-0.4, -0.2) is 17.5 Å². The molecule has 0 saturated heterocycles. The van der Waals surface area contributed by atoms with Crippen LogP contribution < -0.4 is 5.73 Å². The molecular weight excluding hydrogens is 146 g/mol. The van der Waals surface area contributed by atoms with Crippen molar-refractivity contribution in [1.82, 2.24) is 0 Å². The third kappa shape index (κ3) is 1.45. The van der Waals surface area contributed by atoms with Crippen molar-refractivity contribution in [2.45, 2.75) is 19.3 Å². The zero-order chi connectivity index (χ0) is 8.43. The zero-order valence-electron chi connectivity index (χ0n) is 6.00. The molecule has 1 aliphatic rings. The van der Waals surface area contributed by atoms with Gasteiger partial charge >= 0.3 is 0 Å². The smallest absolute Gasteiger partial charge is 0.228 e. The average molecular weight is 155 g/mol. The van der Waals surface area contributed by atoms with Crippen molar-refractivity contribution in [1.29, 1.82) is 0 Å². The SMILES string of the molecule is NC(=O)C1CCCC(=O)C1=O. The Morgan fingerprint density at radius 2 is 2.09 bits per heavy atom. The maximum atomic E-state index is 10.9. The first-order valence-electron chi connectivity index (χ1n) is 3.49. The van der Waals surface area contributed by atoms with Gasteiger partial charge in [0.05, 0.1) is 0 Å². The van der Waals surface area contributed by atoms with E-state index in [1.807, 2.05) is 0 Å². The van der Waals surface area contributed by atoms with Gasteiger partial charge in [-0.05, 0) is 12.8 Å². The van der Waals surface area contributed by atoms with Gasteiger partial charge in [-0.2, -0.15) is 0 Å². The summed E-state index contributed by atoms with van der Waals surface area (Å²) >= 11 is 0. The summed E-state index contributed by atoms with van der Waals surface area (Å²) in [6.07, 6.45) is 1.29. The fourth-order valence-corrected chi connectivity index (χ4v) is 1.19. The van der Waals surface area contributed by atoms with Crippen LogP contribution in [-0.2, 0) is 14.4 Å². The molecule has 1 rings (SSSR count). The molecule has 0 aromatic carbocycles. The molecule has 0 aromatic rings. The normalized spacial score (nSPS) is 25.3. The number of carbonyl (C=O) groups is 3. The number of hydrogen-bond acceptors (Lipinski definition) is 3. The molecule has 4 nitrogen and oxygen atoms in total. The lowest BCUT2D eigenvalue weighted by molar-refractivity contribution is -0.144. The molecule has 0 aliphatic heterocycles. The molecule has 1 saturated carbocycles. The van der Waals surface area contributed by atoms with Crippen LogP contribution in [0.15, 0.2) is 0 Å². The van der Waals surface area contributed by atoms with Gasteiger partial charge in [-0.15, -0.1) is 0 Å². The van der Waals surface area contributed by atoms with Gasteiger partial charge in [0.2, 0.25) is 11.7 Å². The van der Waals surface area contributed by atoms with Crippen molar-refractivity contribution in [2.24, 2.45) is 11.7 Å². The van der Waals surface area contributed by atoms with Crippen LogP contribution in [0.25, 0.3) is 0 Å². The molecule has 1 atom stereocenters. The number of hydrogen-bond donors (Lipinski definition) is 1. The van der Waals surface area contributed by atoms with Gasteiger partial charge < -0.3 is 5.73 Å². The molecule has 1 fully saturated rings. The molecule has 0 bridgehead atoms. The van der Waals surface area contributed by atoms with Crippen LogP contribution in [0.1, 0.15) is 19.3 Å². The topological polar surface area (TPSA) is 77.2 Å². The lowest BCUT2D eigenvalue weighted by Crippen LogP contribution is -2.37. The Morgan fingerprint density at radius 1 is 1.45 bits per heavy atom. The van der Waals surface area contributed by atoms with Crippen LogP contribution >= 0.6 is 0 Å². The third-order valence-electron chi connectivity index (χ3n) is 1.83. The van der Waals surface area contributed by atoms with Crippen LogP contribution in [0.2, 0.25) is 0 Å². The van der Waals surface area contributed by atoms with Crippen molar-refractivity contribution in [2.75, 3.05) is 0 Å². The van der Waals surface area contributed by atoms with E-state index in [0.717, 1.165) is 0 Å². The summed E-state index contributed by atoms with van der Waals surface area (Å²) in [4.78, 5) is 32.2. The van der Waals surface area contributed by atoms with Crippen molar-refractivity contribution < 1.29 is 14.4 Å². The summed E-state index contributed by atoms with van der Waals surface area (Å²) in [7, 11) is 0. The number of rotatable bonds is 1. The van der Waals surface area contributed by atoms with Gasteiger partial charge in [0.25, 0.3) is 0 Å². The molecule has 4 heteroatoms. The van der Waals surface area contributed by atoms with Crippen LogP contribution in [0.5, 0.6) is 0 Å². The highest BCUT2D eigenvalue weighted by Crippen LogP contribution is 2.17. The molecule has 11 heavy (non-hydrogen) atoms. The van der Waals surface area contributed by atoms with E-state index in [1.54, 1.807) is 0 Å². The predicted octanol–water partition coefficient (Wildman–Crippen LogP) is -0.590. The van der Waals surface area contributed by atoms with Crippen molar-refractivity contribution in [3.63, 3.8) is 0 Å². The number of carbonyl (C=O) groups excluding carboxylic acids is 3. The Hall–Kier alpha value is -1.19. The Bertz CT molecular complexity index is 222. The summed E-state index contributed by atoms with van der Waals surface area (Å²) in [6, 6.07) is 0. The monoisotopic (exact) mass is 155 g/mol. The minimum absolute atomic E-state index is 0.266. The second kappa shape index (κ2) is 2.82. The first-order chi connectivity index (χ1) is 5.13. The Labute approximate surface area is 63.7 Å². The summed E-state index contributed by atoms with van der Waals surface area (Å²) in [6.45, 7) is 0. The molecule has 0 radical (unpaired) electrons. The molecule has 1 unspecified atom stereocenters. The van der Waals surface area contributed by atoms with Gasteiger partial charge in [-0.25, -0.2) is 0 Å². The zero-order valence-corrected chi connectivity index (χ0v) is 6.00. The molecule has 0 spiro atoms. The fourth-order valence-electron chi connectivity index (χ4n) is 1.19. The summed E-state index contributed by atoms with van der Waals surface area (Å²) in [5.74, 6) is -2.59. The molecule has 1 amide bonds. The van der Waals surface area contributed by atoms with Gasteiger partial charge in [0.1, 0.15) is 5.92 Å². The van der Waals surface area contributed by atoms with Crippen molar-refractivity contribution >= 4 is 17.5 Å². The number of primary amides is 1.